The van der Waals surface area contributed by atoms with Crippen LogP contribution in [-0.2, 0) is 0 Å². The lowest BCUT2D eigenvalue weighted by Crippen LogP contribution is -2.21. The molecule has 1 aromatic rings. The van der Waals surface area contributed by atoms with Crippen LogP contribution >= 0.6 is 0 Å². The van der Waals surface area contributed by atoms with Gasteiger partial charge in [-0.2, -0.15) is 0 Å². The molecule has 1 N–H and O–H groups in total. The van der Waals surface area contributed by atoms with E-state index < -0.39 is 5.97 Å². The third-order valence-electron chi connectivity index (χ3n) is 2.62. The zero-order chi connectivity index (χ0) is 10.8. The van der Waals surface area contributed by atoms with Crippen LogP contribution in [0.25, 0.3) is 0 Å². The van der Waals surface area contributed by atoms with Gasteiger partial charge in [-0.1, -0.05) is 6.92 Å². The number of carbonyl (C=O) groups is 1. The van der Waals surface area contributed by atoms with E-state index in [1.54, 1.807) is 0 Å². The van der Waals surface area contributed by atoms with E-state index in [-0.39, 0.29) is 5.69 Å². The molecule has 80 valence electrons. The van der Waals surface area contributed by atoms with Crippen LogP contribution in [0.15, 0.2) is 12.4 Å². The van der Waals surface area contributed by atoms with Crippen LogP contribution in [0.2, 0.25) is 0 Å². The van der Waals surface area contributed by atoms with Crippen molar-refractivity contribution < 1.29 is 9.90 Å². The van der Waals surface area contributed by atoms with Crippen molar-refractivity contribution in [1.29, 1.82) is 0 Å². The van der Waals surface area contributed by atoms with E-state index >= 15 is 0 Å². The first-order chi connectivity index (χ1) is 7.16. The minimum Gasteiger partial charge on any atom is -0.477 e. The second-order valence-corrected chi connectivity index (χ2v) is 3.91. The number of carboxylic acids is 1. The number of hydrogen-bond donors (Lipinski definition) is 1. The summed E-state index contributed by atoms with van der Waals surface area (Å²) >= 11 is 0. The molecule has 2 heterocycles. The van der Waals surface area contributed by atoms with E-state index in [1.165, 1.54) is 12.4 Å². The van der Waals surface area contributed by atoms with Crippen molar-refractivity contribution in [1.82, 2.24) is 9.97 Å². The summed E-state index contributed by atoms with van der Waals surface area (Å²) in [4.78, 5) is 20.6. The third-order valence-corrected chi connectivity index (χ3v) is 2.62. The molecule has 0 saturated carbocycles. The molecule has 0 radical (unpaired) electrons. The molecule has 1 fully saturated rings. The molecule has 1 aliphatic rings. The van der Waals surface area contributed by atoms with E-state index in [1.807, 2.05) is 0 Å². The fraction of sp³-hybridized carbons (Fsp3) is 0.500. The number of aromatic carboxylic acids is 1. The molecule has 0 amide bonds. The molecule has 1 aromatic heterocycles. The average molecular weight is 207 g/mol. The molecule has 0 bridgehead atoms. The number of carboxylic acid groups (broad SMARTS) is 1. The van der Waals surface area contributed by atoms with Crippen molar-refractivity contribution in [2.24, 2.45) is 5.92 Å². The highest BCUT2D eigenvalue weighted by molar-refractivity contribution is 5.86. The van der Waals surface area contributed by atoms with Gasteiger partial charge in [-0.3, -0.25) is 0 Å². The Balaban J connectivity index is 2.21. The molecule has 1 atom stereocenters. The zero-order valence-corrected chi connectivity index (χ0v) is 8.55. The van der Waals surface area contributed by atoms with Gasteiger partial charge in [-0.05, 0) is 12.3 Å². The van der Waals surface area contributed by atoms with Crippen LogP contribution in [0.4, 0.5) is 5.82 Å². The van der Waals surface area contributed by atoms with Gasteiger partial charge < -0.3 is 10.0 Å². The molecule has 1 aliphatic heterocycles. The van der Waals surface area contributed by atoms with Crippen LogP contribution in [0.1, 0.15) is 23.8 Å². The summed E-state index contributed by atoms with van der Waals surface area (Å²) < 4.78 is 0. The van der Waals surface area contributed by atoms with Crippen molar-refractivity contribution in [3.05, 3.63) is 18.1 Å². The van der Waals surface area contributed by atoms with E-state index in [0.29, 0.717) is 11.7 Å². The highest BCUT2D eigenvalue weighted by Crippen LogP contribution is 2.21. The third kappa shape index (κ3) is 2.06. The highest BCUT2D eigenvalue weighted by atomic mass is 16.4. The Morgan fingerprint density at radius 2 is 2.40 bits per heavy atom. The Bertz CT molecular complexity index is 381. The molecule has 1 saturated heterocycles. The average Bonchev–Trinajstić information content (AvgIpc) is 2.65. The maximum atomic E-state index is 10.7. The minimum absolute atomic E-state index is 0.0551. The van der Waals surface area contributed by atoms with E-state index in [2.05, 4.69) is 21.8 Å². The number of rotatable bonds is 2. The summed E-state index contributed by atoms with van der Waals surface area (Å²) in [6.45, 7) is 4.06. The van der Waals surface area contributed by atoms with Gasteiger partial charge in [-0.25, -0.2) is 14.8 Å². The molecule has 1 unspecified atom stereocenters. The first kappa shape index (κ1) is 9.89. The number of anilines is 1. The van der Waals surface area contributed by atoms with E-state index in [0.717, 1.165) is 19.5 Å². The van der Waals surface area contributed by atoms with Crippen LogP contribution in [-0.4, -0.2) is 34.1 Å². The van der Waals surface area contributed by atoms with Gasteiger partial charge in [0.15, 0.2) is 5.69 Å². The van der Waals surface area contributed by atoms with Gasteiger partial charge in [0.25, 0.3) is 0 Å². The van der Waals surface area contributed by atoms with Crippen LogP contribution in [0.3, 0.4) is 0 Å². The quantitative estimate of drug-likeness (QED) is 0.784. The second-order valence-electron chi connectivity index (χ2n) is 3.91. The van der Waals surface area contributed by atoms with Crippen molar-refractivity contribution in [2.45, 2.75) is 13.3 Å². The molecule has 0 aromatic carbocycles. The minimum atomic E-state index is -1.01. The lowest BCUT2D eigenvalue weighted by Gasteiger charge is -2.16. The predicted octanol–water partition coefficient (Wildman–Crippen LogP) is 1.02. The summed E-state index contributed by atoms with van der Waals surface area (Å²) in [7, 11) is 0. The van der Waals surface area contributed by atoms with Gasteiger partial charge in [0, 0.05) is 19.2 Å². The highest BCUT2D eigenvalue weighted by Gasteiger charge is 2.20. The number of nitrogens with zero attached hydrogens (tertiary/aromatic N) is 3. The standard InChI is InChI=1S/C10H13N3O2/c1-7-2-3-13(5-7)9-4-8(10(14)15)11-6-12-9/h4,6-7H,2-3,5H2,1H3,(H,14,15). The van der Waals surface area contributed by atoms with Crippen molar-refractivity contribution in [3.63, 3.8) is 0 Å². The number of aromatic nitrogens is 2. The molecule has 5 nitrogen and oxygen atoms in total. The Kier molecular flexibility index (Phi) is 2.53. The lowest BCUT2D eigenvalue weighted by atomic mass is 10.2. The monoisotopic (exact) mass is 207 g/mol. The summed E-state index contributed by atoms with van der Waals surface area (Å²) in [5.41, 5.74) is 0.0551. The van der Waals surface area contributed by atoms with Crippen molar-refractivity contribution in [2.75, 3.05) is 18.0 Å². The topological polar surface area (TPSA) is 66.3 Å². The van der Waals surface area contributed by atoms with Crippen molar-refractivity contribution >= 4 is 11.8 Å². The SMILES string of the molecule is CC1CCN(c2cc(C(=O)O)ncn2)C1. The molecule has 2 rings (SSSR count). The summed E-state index contributed by atoms with van der Waals surface area (Å²) in [5.74, 6) is 0.353. The Hall–Kier alpha value is -1.65. The van der Waals surface area contributed by atoms with Gasteiger partial charge in [0.05, 0.1) is 0 Å². The first-order valence-electron chi connectivity index (χ1n) is 4.97. The van der Waals surface area contributed by atoms with Crippen LogP contribution < -0.4 is 4.90 Å². The normalized spacial score (nSPS) is 20.6. The lowest BCUT2D eigenvalue weighted by molar-refractivity contribution is 0.0690. The smallest absolute Gasteiger partial charge is 0.354 e. The van der Waals surface area contributed by atoms with Gasteiger partial charge in [0.2, 0.25) is 0 Å². The van der Waals surface area contributed by atoms with Crippen LogP contribution in [0, 0.1) is 5.92 Å². The molecular weight excluding hydrogens is 194 g/mol. The molecule has 0 spiro atoms. The Morgan fingerprint density at radius 3 is 3.00 bits per heavy atom. The summed E-state index contributed by atoms with van der Waals surface area (Å²) in [5, 5.41) is 8.80. The van der Waals surface area contributed by atoms with Gasteiger partial charge >= 0.3 is 5.97 Å². The molecule has 15 heavy (non-hydrogen) atoms. The van der Waals surface area contributed by atoms with Crippen molar-refractivity contribution in [3.8, 4) is 0 Å². The fourth-order valence-electron chi connectivity index (χ4n) is 1.78. The zero-order valence-electron chi connectivity index (χ0n) is 8.55. The fourth-order valence-corrected chi connectivity index (χ4v) is 1.78. The molecule has 0 aliphatic carbocycles. The van der Waals surface area contributed by atoms with Gasteiger partial charge in [-0.15, -0.1) is 0 Å². The maximum absolute atomic E-state index is 10.7. The summed E-state index contributed by atoms with van der Waals surface area (Å²) in [6, 6.07) is 1.53. The molecule has 5 heteroatoms. The predicted molar refractivity (Wildman–Crippen MR) is 55.0 cm³/mol. The number of hydrogen-bond acceptors (Lipinski definition) is 4. The largest absolute Gasteiger partial charge is 0.477 e. The van der Waals surface area contributed by atoms with E-state index in [9.17, 15) is 4.79 Å². The van der Waals surface area contributed by atoms with Gasteiger partial charge in [0.1, 0.15) is 12.1 Å². The Morgan fingerprint density at radius 1 is 1.60 bits per heavy atom. The van der Waals surface area contributed by atoms with E-state index in [4.69, 9.17) is 5.11 Å². The maximum Gasteiger partial charge on any atom is 0.354 e. The van der Waals surface area contributed by atoms with Crippen LogP contribution in [0.5, 0.6) is 0 Å². The summed E-state index contributed by atoms with van der Waals surface area (Å²) in [6.07, 6.45) is 2.44. The first-order valence-corrected chi connectivity index (χ1v) is 4.97. The second kappa shape index (κ2) is 3.84. The Labute approximate surface area is 87.8 Å². The molecular formula is C10H13N3O2.